The molecule has 0 radical (unpaired) electrons. The summed E-state index contributed by atoms with van der Waals surface area (Å²) in [6.45, 7) is 8.31. The van der Waals surface area contributed by atoms with E-state index in [9.17, 15) is 0 Å². The predicted octanol–water partition coefficient (Wildman–Crippen LogP) is 5.21. The van der Waals surface area contributed by atoms with Crippen molar-refractivity contribution >= 4 is 0 Å². The normalized spacial score (nSPS) is 17.9. The van der Waals surface area contributed by atoms with Gasteiger partial charge >= 0.3 is 0 Å². The molecule has 4 rings (SSSR count). The topological polar surface area (TPSA) is 34.2 Å². The number of rotatable bonds is 10. The van der Waals surface area contributed by atoms with E-state index in [1.807, 2.05) is 48.5 Å². The van der Waals surface area contributed by atoms with Gasteiger partial charge in [0.25, 0.3) is 0 Å². The Morgan fingerprint density at radius 3 is 1.23 bits per heavy atom. The average molecular weight is 425 g/mol. The van der Waals surface area contributed by atoms with Crippen LogP contribution in [0.4, 0.5) is 0 Å². The molecule has 0 amide bonds. The molecule has 0 unspecified atom stereocenters. The molecule has 0 aliphatic carbocycles. The van der Waals surface area contributed by atoms with Gasteiger partial charge in [0.15, 0.2) is 0 Å². The van der Waals surface area contributed by atoms with Crippen LogP contribution in [0, 0.1) is 0 Å². The number of ether oxygens (including phenoxy) is 3. The summed E-state index contributed by atoms with van der Waals surface area (Å²) in [5.41, 5.74) is 0. The summed E-state index contributed by atoms with van der Waals surface area (Å²) in [7, 11) is 0. The molecular formula is C26H36N2O3. The SMILES string of the molecule is c1cc(Oc2ccc(OCCN3CCCCC3)cc2)ccc1OCCN1CCCCC1. The lowest BCUT2D eigenvalue weighted by Crippen LogP contribution is -2.33. The monoisotopic (exact) mass is 424 g/mol. The first-order chi connectivity index (χ1) is 15.3. The summed E-state index contributed by atoms with van der Waals surface area (Å²) in [5, 5.41) is 0. The molecule has 168 valence electrons. The van der Waals surface area contributed by atoms with Crippen LogP contribution >= 0.6 is 0 Å². The van der Waals surface area contributed by atoms with E-state index in [4.69, 9.17) is 14.2 Å². The van der Waals surface area contributed by atoms with Gasteiger partial charge in [0.05, 0.1) is 0 Å². The first-order valence-corrected chi connectivity index (χ1v) is 11.9. The van der Waals surface area contributed by atoms with Crippen molar-refractivity contribution in [1.29, 1.82) is 0 Å². The van der Waals surface area contributed by atoms with E-state index in [1.54, 1.807) is 0 Å². The number of piperidine rings is 2. The van der Waals surface area contributed by atoms with Gasteiger partial charge in [0.2, 0.25) is 0 Å². The number of likely N-dealkylation sites (tertiary alicyclic amines) is 2. The molecule has 0 aromatic heterocycles. The molecule has 2 aliphatic rings. The maximum atomic E-state index is 5.96. The summed E-state index contributed by atoms with van der Waals surface area (Å²) >= 11 is 0. The first kappa shape index (κ1) is 22.0. The summed E-state index contributed by atoms with van der Waals surface area (Å²) in [5.74, 6) is 3.40. The van der Waals surface area contributed by atoms with Crippen molar-refractivity contribution in [3.63, 3.8) is 0 Å². The molecule has 0 atom stereocenters. The average Bonchev–Trinajstić information content (AvgIpc) is 2.83. The summed E-state index contributed by atoms with van der Waals surface area (Å²) in [6.07, 6.45) is 8.01. The van der Waals surface area contributed by atoms with Crippen LogP contribution in [0.2, 0.25) is 0 Å². The van der Waals surface area contributed by atoms with Crippen molar-refractivity contribution in [2.24, 2.45) is 0 Å². The molecule has 5 nitrogen and oxygen atoms in total. The van der Waals surface area contributed by atoms with Crippen molar-refractivity contribution in [2.75, 3.05) is 52.5 Å². The molecule has 2 saturated heterocycles. The van der Waals surface area contributed by atoms with Crippen LogP contribution < -0.4 is 14.2 Å². The van der Waals surface area contributed by atoms with Gasteiger partial charge in [-0.2, -0.15) is 0 Å². The Balaban J connectivity index is 1.16. The fourth-order valence-corrected chi connectivity index (χ4v) is 4.30. The third-order valence-electron chi connectivity index (χ3n) is 6.13. The Kier molecular flexibility index (Phi) is 8.48. The number of hydrogen-bond acceptors (Lipinski definition) is 5. The third-order valence-corrected chi connectivity index (χ3v) is 6.13. The molecule has 2 aromatic carbocycles. The van der Waals surface area contributed by atoms with Crippen molar-refractivity contribution < 1.29 is 14.2 Å². The van der Waals surface area contributed by atoms with Crippen molar-refractivity contribution in [1.82, 2.24) is 9.80 Å². The Morgan fingerprint density at radius 2 is 0.839 bits per heavy atom. The van der Waals surface area contributed by atoms with Crippen LogP contribution in [0.25, 0.3) is 0 Å². The maximum absolute atomic E-state index is 5.96. The summed E-state index contributed by atoms with van der Waals surface area (Å²) in [4.78, 5) is 4.98. The van der Waals surface area contributed by atoms with Gasteiger partial charge in [-0.3, -0.25) is 9.80 Å². The van der Waals surface area contributed by atoms with Gasteiger partial charge in [-0.1, -0.05) is 12.8 Å². The van der Waals surface area contributed by atoms with Gasteiger partial charge in [-0.25, -0.2) is 0 Å². The van der Waals surface area contributed by atoms with E-state index < -0.39 is 0 Å². The van der Waals surface area contributed by atoms with E-state index in [0.717, 1.165) is 49.3 Å². The van der Waals surface area contributed by atoms with Gasteiger partial charge in [0, 0.05) is 13.1 Å². The fraction of sp³-hybridized carbons (Fsp3) is 0.538. The Morgan fingerprint density at radius 1 is 0.484 bits per heavy atom. The van der Waals surface area contributed by atoms with E-state index in [0.29, 0.717) is 0 Å². The van der Waals surface area contributed by atoms with Crippen LogP contribution in [-0.4, -0.2) is 62.3 Å². The highest BCUT2D eigenvalue weighted by molar-refractivity contribution is 5.37. The predicted molar refractivity (Wildman–Crippen MR) is 125 cm³/mol. The fourth-order valence-electron chi connectivity index (χ4n) is 4.30. The van der Waals surface area contributed by atoms with Crippen LogP contribution in [0.1, 0.15) is 38.5 Å². The molecule has 0 spiro atoms. The lowest BCUT2D eigenvalue weighted by Gasteiger charge is -2.26. The Hall–Kier alpha value is -2.24. The first-order valence-electron chi connectivity index (χ1n) is 11.9. The number of nitrogens with zero attached hydrogens (tertiary/aromatic N) is 2. The minimum Gasteiger partial charge on any atom is -0.492 e. The van der Waals surface area contributed by atoms with Gasteiger partial charge in [0.1, 0.15) is 36.2 Å². The minimum atomic E-state index is 0.736. The van der Waals surface area contributed by atoms with Crippen LogP contribution in [0.5, 0.6) is 23.0 Å². The van der Waals surface area contributed by atoms with Gasteiger partial charge in [-0.05, 0) is 100 Å². The zero-order chi connectivity index (χ0) is 21.1. The third kappa shape index (κ3) is 7.44. The second-order valence-electron chi connectivity index (χ2n) is 8.55. The zero-order valence-electron chi connectivity index (χ0n) is 18.6. The summed E-state index contributed by atoms with van der Waals surface area (Å²) in [6, 6.07) is 15.7. The Bertz CT molecular complexity index is 686. The lowest BCUT2D eigenvalue weighted by molar-refractivity contribution is 0.183. The molecule has 0 bridgehead atoms. The molecule has 31 heavy (non-hydrogen) atoms. The van der Waals surface area contributed by atoms with E-state index >= 15 is 0 Å². The molecule has 0 N–H and O–H groups in total. The largest absolute Gasteiger partial charge is 0.492 e. The highest BCUT2D eigenvalue weighted by Crippen LogP contribution is 2.26. The van der Waals surface area contributed by atoms with Crippen molar-refractivity contribution in [2.45, 2.75) is 38.5 Å². The molecule has 2 aliphatic heterocycles. The molecular weight excluding hydrogens is 388 g/mol. The second-order valence-corrected chi connectivity index (χ2v) is 8.55. The molecule has 5 heteroatoms. The highest BCUT2D eigenvalue weighted by Gasteiger charge is 2.10. The van der Waals surface area contributed by atoms with Crippen LogP contribution in [0.3, 0.4) is 0 Å². The van der Waals surface area contributed by atoms with Gasteiger partial charge in [-0.15, -0.1) is 0 Å². The maximum Gasteiger partial charge on any atom is 0.127 e. The van der Waals surface area contributed by atoms with Crippen LogP contribution in [0.15, 0.2) is 48.5 Å². The van der Waals surface area contributed by atoms with Crippen molar-refractivity contribution in [3.8, 4) is 23.0 Å². The summed E-state index contributed by atoms with van der Waals surface area (Å²) < 4.78 is 17.7. The lowest BCUT2D eigenvalue weighted by atomic mass is 10.1. The van der Waals surface area contributed by atoms with Gasteiger partial charge < -0.3 is 14.2 Å². The highest BCUT2D eigenvalue weighted by atomic mass is 16.5. The molecule has 2 aromatic rings. The van der Waals surface area contributed by atoms with E-state index in [-0.39, 0.29) is 0 Å². The van der Waals surface area contributed by atoms with E-state index in [1.165, 1.54) is 64.7 Å². The molecule has 2 fully saturated rings. The zero-order valence-corrected chi connectivity index (χ0v) is 18.6. The minimum absolute atomic E-state index is 0.736. The van der Waals surface area contributed by atoms with E-state index in [2.05, 4.69) is 9.80 Å². The Labute approximate surface area is 186 Å². The molecule has 0 saturated carbocycles. The smallest absolute Gasteiger partial charge is 0.127 e. The standard InChI is InChI=1S/C26H36N2O3/c1-3-15-27(16-4-1)19-21-29-23-7-11-25(12-8-23)31-26-13-9-24(10-14-26)30-22-20-28-17-5-2-6-18-28/h7-14H,1-6,15-22H2. The van der Waals surface area contributed by atoms with Crippen molar-refractivity contribution in [3.05, 3.63) is 48.5 Å². The second kappa shape index (κ2) is 12.0. The number of hydrogen-bond donors (Lipinski definition) is 0. The van der Waals surface area contributed by atoms with Crippen LogP contribution in [-0.2, 0) is 0 Å². The molecule has 2 heterocycles. The number of benzene rings is 2. The quantitative estimate of drug-likeness (QED) is 0.523.